The van der Waals surface area contributed by atoms with Crippen LogP contribution in [0.5, 0.6) is 0 Å². The second-order valence-corrected chi connectivity index (χ2v) is 4.45. The molecule has 0 fully saturated rings. The lowest BCUT2D eigenvalue weighted by Gasteiger charge is -2.08. The molecule has 1 heterocycles. The van der Waals surface area contributed by atoms with Crippen molar-refractivity contribution >= 4 is 17.6 Å². The van der Waals surface area contributed by atoms with Gasteiger partial charge in [-0.3, -0.25) is 14.6 Å². The highest BCUT2D eigenvalue weighted by molar-refractivity contribution is 5.72. The third-order valence-corrected chi connectivity index (χ3v) is 2.89. The molecule has 0 radical (unpaired) electrons. The summed E-state index contributed by atoms with van der Waals surface area (Å²) in [5.74, 6) is -0.0898. The zero-order valence-corrected chi connectivity index (χ0v) is 12.0. The molecule has 0 aliphatic carbocycles. The molecule has 0 amide bonds. The maximum absolute atomic E-state index is 12.0. The molecule has 0 saturated heterocycles. The molecule has 2 rings (SSSR count). The van der Waals surface area contributed by atoms with Gasteiger partial charge in [-0.2, -0.15) is 0 Å². The van der Waals surface area contributed by atoms with Crippen molar-refractivity contribution in [2.45, 2.75) is 20.3 Å². The van der Waals surface area contributed by atoms with Crippen LogP contribution in [0, 0.1) is 6.92 Å². The Kier molecular flexibility index (Phi) is 4.71. The molecule has 0 aliphatic rings. The molecule has 0 unspecified atom stereocenters. The summed E-state index contributed by atoms with van der Waals surface area (Å²) in [5.41, 5.74) is 1.31. The normalized spacial score (nSPS) is 10.2. The van der Waals surface area contributed by atoms with E-state index in [2.05, 4.69) is 15.3 Å². The number of aromatic nitrogens is 2. The van der Waals surface area contributed by atoms with Gasteiger partial charge in [0.25, 0.3) is 5.56 Å². The van der Waals surface area contributed by atoms with Crippen LogP contribution in [0.3, 0.4) is 0 Å². The van der Waals surface area contributed by atoms with Crippen LogP contribution in [0.4, 0.5) is 11.6 Å². The molecule has 1 aromatic carbocycles. The fourth-order valence-corrected chi connectivity index (χ4v) is 1.89. The van der Waals surface area contributed by atoms with E-state index in [9.17, 15) is 9.59 Å². The van der Waals surface area contributed by atoms with Crippen LogP contribution in [-0.2, 0) is 16.0 Å². The van der Waals surface area contributed by atoms with Gasteiger partial charge in [-0.1, -0.05) is 18.2 Å². The van der Waals surface area contributed by atoms with Crippen LogP contribution in [0.25, 0.3) is 0 Å². The minimum absolute atomic E-state index is 0.0758. The lowest BCUT2D eigenvalue weighted by atomic mass is 10.2. The largest absolute Gasteiger partial charge is 0.466 e. The molecule has 6 nitrogen and oxygen atoms in total. The minimum Gasteiger partial charge on any atom is -0.466 e. The van der Waals surface area contributed by atoms with Gasteiger partial charge in [-0.25, -0.2) is 4.98 Å². The predicted octanol–water partition coefficient (Wildman–Crippen LogP) is 1.93. The number of rotatable bonds is 5. The van der Waals surface area contributed by atoms with Crippen LogP contribution in [0.2, 0.25) is 0 Å². The van der Waals surface area contributed by atoms with Gasteiger partial charge < -0.3 is 10.1 Å². The SMILES string of the molecule is CCOC(=O)Cc1c(C)nc(Nc2ccccc2)[nH]c1=O. The average molecular weight is 287 g/mol. The first kappa shape index (κ1) is 14.8. The minimum atomic E-state index is -0.434. The molecule has 2 aromatic rings. The van der Waals surface area contributed by atoms with E-state index < -0.39 is 5.97 Å². The molecule has 1 aromatic heterocycles. The number of carbonyl (C=O) groups excluding carboxylic acids is 1. The number of esters is 1. The molecular formula is C15H17N3O3. The first-order chi connectivity index (χ1) is 10.1. The zero-order valence-electron chi connectivity index (χ0n) is 12.0. The van der Waals surface area contributed by atoms with Crippen LogP contribution in [0.1, 0.15) is 18.2 Å². The van der Waals surface area contributed by atoms with Crippen molar-refractivity contribution in [3.05, 3.63) is 51.9 Å². The number of carbonyl (C=O) groups is 1. The number of nitrogens with zero attached hydrogens (tertiary/aromatic N) is 1. The van der Waals surface area contributed by atoms with E-state index >= 15 is 0 Å². The summed E-state index contributed by atoms with van der Waals surface area (Å²) in [7, 11) is 0. The van der Waals surface area contributed by atoms with Crippen molar-refractivity contribution in [2.24, 2.45) is 0 Å². The van der Waals surface area contributed by atoms with Crippen LogP contribution in [-0.4, -0.2) is 22.5 Å². The van der Waals surface area contributed by atoms with Crippen LogP contribution < -0.4 is 10.9 Å². The molecule has 0 bridgehead atoms. The number of H-pyrrole nitrogens is 1. The second kappa shape index (κ2) is 6.69. The number of benzene rings is 1. The van der Waals surface area contributed by atoms with Gasteiger partial charge in [-0.05, 0) is 26.0 Å². The quantitative estimate of drug-likeness (QED) is 0.821. The number of hydrogen-bond donors (Lipinski definition) is 2. The number of ether oxygens (including phenoxy) is 1. The maximum Gasteiger partial charge on any atom is 0.310 e. The Morgan fingerprint density at radius 3 is 2.67 bits per heavy atom. The van der Waals surface area contributed by atoms with Gasteiger partial charge >= 0.3 is 5.97 Å². The van der Waals surface area contributed by atoms with Gasteiger partial charge in [-0.15, -0.1) is 0 Å². The fourth-order valence-electron chi connectivity index (χ4n) is 1.89. The summed E-state index contributed by atoms with van der Waals surface area (Å²) in [6, 6.07) is 9.38. The smallest absolute Gasteiger partial charge is 0.310 e. The van der Waals surface area contributed by atoms with E-state index in [1.165, 1.54) is 0 Å². The highest BCUT2D eigenvalue weighted by atomic mass is 16.5. The van der Waals surface area contributed by atoms with E-state index in [1.54, 1.807) is 13.8 Å². The van der Waals surface area contributed by atoms with E-state index in [1.807, 2.05) is 30.3 Å². The lowest BCUT2D eigenvalue weighted by Crippen LogP contribution is -2.22. The Hall–Kier alpha value is -2.63. The summed E-state index contributed by atoms with van der Waals surface area (Å²) < 4.78 is 4.85. The standard InChI is InChI=1S/C15H17N3O3/c1-3-21-13(19)9-12-10(2)16-15(18-14(12)20)17-11-7-5-4-6-8-11/h4-8H,3,9H2,1-2H3,(H2,16,17,18,20). The van der Waals surface area contributed by atoms with Crippen LogP contribution >= 0.6 is 0 Å². The Morgan fingerprint density at radius 2 is 2.05 bits per heavy atom. The van der Waals surface area contributed by atoms with Gasteiger partial charge in [0.1, 0.15) is 0 Å². The highest BCUT2D eigenvalue weighted by Crippen LogP contribution is 2.12. The van der Waals surface area contributed by atoms with Crippen molar-refractivity contribution in [1.29, 1.82) is 0 Å². The van der Waals surface area contributed by atoms with Gasteiger partial charge in [0.2, 0.25) is 5.95 Å². The predicted molar refractivity (Wildman–Crippen MR) is 79.7 cm³/mol. The fraction of sp³-hybridized carbons (Fsp3) is 0.267. The number of nitrogens with one attached hydrogen (secondary N) is 2. The summed E-state index contributed by atoms with van der Waals surface area (Å²) in [6.45, 7) is 3.71. The van der Waals surface area contributed by atoms with Crippen molar-refractivity contribution in [3.8, 4) is 0 Å². The van der Waals surface area contributed by atoms with Gasteiger partial charge in [0, 0.05) is 11.3 Å². The Morgan fingerprint density at radius 1 is 1.33 bits per heavy atom. The summed E-state index contributed by atoms with van der Waals surface area (Å²) in [6.07, 6.45) is -0.0758. The molecule has 0 aliphatic heterocycles. The van der Waals surface area contributed by atoms with Crippen molar-refractivity contribution in [3.63, 3.8) is 0 Å². The number of hydrogen-bond acceptors (Lipinski definition) is 5. The van der Waals surface area contributed by atoms with Crippen LogP contribution in [0.15, 0.2) is 35.1 Å². The van der Waals surface area contributed by atoms with Gasteiger partial charge in [0.15, 0.2) is 0 Å². The van der Waals surface area contributed by atoms with Crippen molar-refractivity contribution in [1.82, 2.24) is 9.97 Å². The van der Waals surface area contributed by atoms with E-state index in [0.717, 1.165) is 5.69 Å². The lowest BCUT2D eigenvalue weighted by molar-refractivity contribution is -0.142. The molecule has 21 heavy (non-hydrogen) atoms. The van der Waals surface area contributed by atoms with Crippen molar-refractivity contribution < 1.29 is 9.53 Å². The molecule has 6 heteroatoms. The van der Waals surface area contributed by atoms with Gasteiger partial charge in [0.05, 0.1) is 18.7 Å². The number of anilines is 2. The third kappa shape index (κ3) is 3.92. The summed E-state index contributed by atoms with van der Waals surface area (Å²) in [4.78, 5) is 30.4. The molecule has 110 valence electrons. The Bertz CT molecular complexity index is 680. The monoisotopic (exact) mass is 287 g/mol. The summed E-state index contributed by atoms with van der Waals surface area (Å²) in [5, 5.41) is 3.01. The van der Waals surface area contributed by atoms with E-state index in [0.29, 0.717) is 17.2 Å². The first-order valence-corrected chi connectivity index (χ1v) is 6.67. The number of para-hydroxylation sites is 1. The molecule has 0 saturated carbocycles. The topological polar surface area (TPSA) is 84.1 Å². The average Bonchev–Trinajstić information content (AvgIpc) is 2.44. The van der Waals surface area contributed by atoms with E-state index in [4.69, 9.17) is 4.74 Å². The Balaban J connectivity index is 2.21. The zero-order chi connectivity index (χ0) is 15.2. The second-order valence-electron chi connectivity index (χ2n) is 4.45. The third-order valence-electron chi connectivity index (χ3n) is 2.89. The molecule has 2 N–H and O–H groups in total. The highest BCUT2D eigenvalue weighted by Gasteiger charge is 2.13. The maximum atomic E-state index is 12.0. The van der Waals surface area contributed by atoms with Crippen molar-refractivity contribution in [2.75, 3.05) is 11.9 Å². The molecular weight excluding hydrogens is 270 g/mol. The van der Waals surface area contributed by atoms with E-state index in [-0.39, 0.29) is 18.6 Å². The molecule has 0 spiro atoms. The Labute approximate surface area is 122 Å². The number of aryl methyl sites for hydroxylation is 1. The first-order valence-electron chi connectivity index (χ1n) is 6.67. The number of aromatic amines is 1. The molecule has 0 atom stereocenters. The summed E-state index contributed by atoms with van der Waals surface area (Å²) >= 11 is 0.